The Balaban J connectivity index is 0. The first-order valence-electron chi connectivity index (χ1n) is 5.89. The van der Waals surface area contributed by atoms with Crippen molar-refractivity contribution in [2.75, 3.05) is 0 Å². The van der Waals surface area contributed by atoms with Crippen LogP contribution in [0.2, 0.25) is 5.02 Å². The molecule has 0 aliphatic heterocycles. The average Bonchev–Trinajstić information content (AvgIpc) is 2.05. The average molecular weight is 252 g/mol. The van der Waals surface area contributed by atoms with Gasteiger partial charge < -0.3 is 5.11 Å². The second kappa shape index (κ2) is 10.1. The summed E-state index contributed by atoms with van der Waals surface area (Å²) in [6.45, 7) is 10.4. The van der Waals surface area contributed by atoms with Gasteiger partial charge in [-0.3, -0.25) is 0 Å². The fourth-order valence-corrected chi connectivity index (χ4v) is 1.06. The van der Waals surface area contributed by atoms with E-state index >= 15 is 0 Å². The van der Waals surface area contributed by atoms with Crippen molar-refractivity contribution in [1.82, 2.24) is 0 Å². The van der Waals surface area contributed by atoms with Crippen molar-refractivity contribution in [2.24, 2.45) is 5.92 Å². The zero-order chi connectivity index (χ0) is 11.6. The van der Waals surface area contributed by atoms with Crippen LogP contribution in [0.3, 0.4) is 0 Å². The Bertz CT molecular complexity index is 111. The van der Waals surface area contributed by atoms with Crippen molar-refractivity contribution < 1.29 is 23.4 Å². The van der Waals surface area contributed by atoms with Crippen molar-refractivity contribution >= 4 is 0 Å². The van der Waals surface area contributed by atoms with Crippen molar-refractivity contribution in [1.29, 1.82) is 0 Å². The second-order valence-electron chi connectivity index (χ2n) is 4.59. The SMILES string of the molecule is CCC(C)([O-])CCCC(C)C.C[CH2][Zn+]. The van der Waals surface area contributed by atoms with Crippen molar-refractivity contribution in [3.05, 3.63) is 0 Å². The molecule has 2 heteroatoms. The van der Waals surface area contributed by atoms with Crippen LogP contribution in [-0.4, -0.2) is 5.60 Å². The molecule has 0 aromatic heterocycles. The van der Waals surface area contributed by atoms with Gasteiger partial charge in [-0.1, -0.05) is 53.4 Å². The third-order valence-corrected chi connectivity index (χ3v) is 2.23. The van der Waals surface area contributed by atoms with E-state index in [1.807, 2.05) is 13.8 Å². The van der Waals surface area contributed by atoms with E-state index in [0.29, 0.717) is 0 Å². The van der Waals surface area contributed by atoms with E-state index < -0.39 is 5.60 Å². The summed E-state index contributed by atoms with van der Waals surface area (Å²) >= 11 is 1.44. The zero-order valence-corrected chi connectivity index (χ0v) is 13.7. The van der Waals surface area contributed by atoms with Gasteiger partial charge >= 0.3 is 30.2 Å². The molecule has 14 heavy (non-hydrogen) atoms. The molecule has 1 nitrogen and oxygen atoms in total. The van der Waals surface area contributed by atoms with Gasteiger partial charge in [0, 0.05) is 0 Å². The number of hydrogen-bond donors (Lipinski definition) is 0. The third kappa shape index (κ3) is 15.1. The molecule has 0 bridgehead atoms. The van der Waals surface area contributed by atoms with E-state index in [1.54, 1.807) is 0 Å². The van der Waals surface area contributed by atoms with Gasteiger partial charge in [0.25, 0.3) is 0 Å². The van der Waals surface area contributed by atoms with E-state index in [9.17, 15) is 5.11 Å². The van der Waals surface area contributed by atoms with Crippen molar-refractivity contribution in [3.63, 3.8) is 0 Å². The first kappa shape index (κ1) is 17.0. The molecular weight excluding hydrogens is 226 g/mol. The molecule has 0 fully saturated rings. The molecule has 0 aliphatic rings. The molecule has 0 aliphatic carbocycles. The summed E-state index contributed by atoms with van der Waals surface area (Å²) in [4.78, 5) is 0. The van der Waals surface area contributed by atoms with Crippen LogP contribution in [0.25, 0.3) is 0 Å². The molecule has 0 aromatic carbocycles. The summed E-state index contributed by atoms with van der Waals surface area (Å²) in [5.41, 5.74) is -0.672. The van der Waals surface area contributed by atoms with Gasteiger partial charge in [-0.15, -0.1) is 5.60 Å². The molecule has 0 amide bonds. The summed E-state index contributed by atoms with van der Waals surface area (Å²) < 4.78 is 0. The maximum absolute atomic E-state index is 11.5. The van der Waals surface area contributed by atoms with E-state index in [2.05, 4.69) is 20.8 Å². The zero-order valence-electron chi connectivity index (χ0n) is 10.7. The molecule has 1 atom stereocenters. The predicted octanol–water partition coefficient (Wildman–Crippen LogP) is 3.31. The molecule has 0 saturated carbocycles. The van der Waals surface area contributed by atoms with Gasteiger partial charge in [0.15, 0.2) is 0 Å². The molecule has 1 unspecified atom stereocenters. The van der Waals surface area contributed by atoms with E-state index in [-0.39, 0.29) is 0 Å². The van der Waals surface area contributed by atoms with Gasteiger partial charge in [-0.25, -0.2) is 0 Å². The van der Waals surface area contributed by atoms with Crippen molar-refractivity contribution in [3.8, 4) is 0 Å². The first-order chi connectivity index (χ1) is 6.39. The van der Waals surface area contributed by atoms with Crippen LogP contribution in [-0.2, 0) is 18.3 Å². The summed E-state index contributed by atoms with van der Waals surface area (Å²) in [6, 6.07) is 0. The van der Waals surface area contributed by atoms with E-state index in [4.69, 9.17) is 0 Å². The van der Waals surface area contributed by atoms with Gasteiger partial charge in [0.2, 0.25) is 0 Å². The molecule has 0 saturated heterocycles. The Morgan fingerprint density at radius 3 is 2.00 bits per heavy atom. The summed E-state index contributed by atoms with van der Waals surface area (Å²) in [6.07, 6.45) is 3.87. The Hall–Kier alpha value is 0.583. The Morgan fingerprint density at radius 2 is 1.71 bits per heavy atom. The summed E-state index contributed by atoms with van der Waals surface area (Å²) in [5.74, 6) is 0.739. The third-order valence-electron chi connectivity index (χ3n) is 2.23. The molecule has 82 valence electrons. The van der Waals surface area contributed by atoms with E-state index in [0.717, 1.165) is 25.2 Å². The topological polar surface area (TPSA) is 23.1 Å². The van der Waals surface area contributed by atoms with Crippen LogP contribution in [0.15, 0.2) is 0 Å². The standard InChI is InChI=1S/C10H21O.C2H5.Zn/c1-5-10(4,11)8-6-7-9(2)3;1-2;/h9H,5-8H2,1-4H3;1H2,2H3;/q-1;;+1. The van der Waals surface area contributed by atoms with Gasteiger partial charge in [0.1, 0.15) is 0 Å². The second-order valence-corrected chi connectivity index (χ2v) is 6.69. The van der Waals surface area contributed by atoms with Gasteiger partial charge in [0.05, 0.1) is 0 Å². The molecular formula is C12H26OZn. The van der Waals surface area contributed by atoms with Gasteiger partial charge in [-0.2, -0.15) is 0 Å². The Kier molecular flexibility index (Phi) is 12.3. The first-order valence-corrected chi connectivity index (χ1v) is 7.99. The molecule has 0 radical (unpaired) electrons. The van der Waals surface area contributed by atoms with Crippen LogP contribution in [0.5, 0.6) is 0 Å². The van der Waals surface area contributed by atoms with Crippen LogP contribution in [0.1, 0.15) is 60.3 Å². The quantitative estimate of drug-likeness (QED) is 0.688. The van der Waals surface area contributed by atoms with Crippen molar-refractivity contribution in [2.45, 2.75) is 70.9 Å². The number of rotatable bonds is 5. The normalized spacial score (nSPS) is 14.6. The minimum absolute atomic E-state index is 0.672. The Labute approximate surface area is 100 Å². The Morgan fingerprint density at radius 1 is 1.29 bits per heavy atom. The maximum atomic E-state index is 11.5. The molecule has 0 spiro atoms. The molecule has 0 aromatic rings. The fraction of sp³-hybridized carbons (Fsp3) is 1.00. The minimum atomic E-state index is -0.672. The van der Waals surface area contributed by atoms with Crippen LogP contribution < -0.4 is 5.11 Å². The van der Waals surface area contributed by atoms with Crippen LogP contribution in [0.4, 0.5) is 0 Å². The van der Waals surface area contributed by atoms with Crippen LogP contribution in [0, 0.1) is 5.92 Å². The molecule has 0 rings (SSSR count). The summed E-state index contributed by atoms with van der Waals surface area (Å²) in [7, 11) is 0. The molecule has 0 heterocycles. The number of hydrogen-bond acceptors (Lipinski definition) is 1. The molecule has 0 N–H and O–H groups in total. The van der Waals surface area contributed by atoms with E-state index in [1.165, 1.54) is 29.7 Å². The predicted molar refractivity (Wildman–Crippen MR) is 57.9 cm³/mol. The summed E-state index contributed by atoms with van der Waals surface area (Å²) in [5, 5.41) is 12.8. The fourth-order valence-electron chi connectivity index (χ4n) is 1.06. The van der Waals surface area contributed by atoms with Gasteiger partial charge in [-0.05, 0) is 5.92 Å². The van der Waals surface area contributed by atoms with Crippen LogP contribution >= 0.6 is 0 Å². The monoisotopic (exact) mass is 250 g/mol.